The molecule has 1 heterocycles. The average Bonchev–Trinajstić information content (AvgIpc) is 3.23. The second kappa shape index (κ2) is 27.6. The van der Waals surface area contributed by atoms with Crippen LogP contribution in [-0.2, 0) is 71.9 Å². The molecule has 0 aliphatic carbocycles. The van der Waals surface area contributed by atoms with Crippen LogP contribution < -0.4 is 43.4 Å². The molecular weight excluding hydrogens is 798 g/mol. The van der Waals surface area contributed by atoms with Gasteiger partial charge >= 0.3 is 5.97 Å². The van der Waals surface area contributed by atoms with E-state index in [2.05, 4.69) is 36.9 Å². The minimum absolute atomic E-state index is 0.0271. The molecule has 1 aliphatic rings. The molecule has 2 aromatic rings. The van der Waals surface area contributed by atoms with Gasteiger partial charge in [0.25, 0.3) is 0 Å². The average molecular weight is 856 g/mol. The van der Waals surface area contributed by atoms with Crippen LogP contribution in [0.25, 0.3) is 0 Å². The van der Waals surface area contributed by atoms with Gasteiger partial charge in [-0.3, -0.25) is 38.6 Å². The fraction of sp³-hybridized carbons (Fsp3) is 0.500. The predicted octanol–water partition coefficient (Wildman–Crippen LogP) is -2.62. The molecule has 1 fully saturated rings. The second-order valence-corrected chi connectivity index (χ2v) is 13.8. The maximum atomic E-state index is 14.1. The minimum Gasteiger partial charge on any atom is -0.481 e. The smallest absolute Gasteiger partial charge is 0.305 e. The van der Waals surface area contributed by atoms with Crippen LogP contribution >= 0.6 is 0 Å². The number of aliphatic imine (C=N–C) groups is 1. The highest BCUT2D eigenvalue weighted by atomic mass is 16.6. The third-order valence-corrected chi connectivity index (χ3v) is 8.94. The van der Waals surface area contributed by atoms with Gasteiger partial charge in [0.15, 0.2) is 5.96 Å². The highest BCUT2D eigenvalue weighted by Crippen LogP contribution is 2.11. The lowest BCUT2D eigenvalue weighted by Crippen LogP contribution is -2.58. The SMILES string of the molecule is COCCOCCOCCOCC(=O)NCc1ccc(C[C@@H]2NC(=O)[C@@H](Cc3ccccc3)NC(=O)[C@H](CC(=O)O)NC(=O)CNC(=O)[C@H](CCCN=C(N)N)NC2=O)cc1. The van der Waals surface area contributed by atoms with E-state index >= 15 is 0 Å². The number of carboxylic acids is 1. The van der Waals surface area contributed by atoms with E-state index < -0.39 is 72.6 Å². The van der Waals surface area contributed by atoms with Crippen molar-refractivity contribution in [1.82, 2.24) is 31.9 Å². The number of nitrogens with two attached hydrogens (primary N) is 2. The van der Waals surface area contributed by atoms with Crippen molar-refractivity contribution in [2.24, 2.45) is 16.5 Å². The molecule has 21 heteroatoms. The Bertz CT molecular complexity index is 1760. The molecule has 61 heavy (non-hydrogen) atoms. The quantitative estimate of drug-likeness (QED) is 0.0314. The predicted molar refractivity (Wildman–Crippen MR) is 219 cm³/mol. The first-order valence-corrected chi connectivity index (χ1v) is 19.7. The Balaban J connectivity index is 1.77. The maximum Gasteiger partial charge on any atom is 0.305 e. The highest BCUT2D eigenvalue weighted by Gasteiger charge is 2.33. The normalized spacial score (nSPS) is 18.9. The van der Waals surface area contributed by atoms with Crippen LogP contribution in [0.4, 0.5) is 0 Å². The van der Waals surface area contributed by atoms with E-state index in [0.29, 0.717) is 44.2 Å². The van der Waals surface area contributed by atoms with E-state index in [1.807, 2.05) is 0 Å². The summed E-state index contributed by atoms with van der Waals surface area (Å²) in [4.78, 5) is 95.8. The van der Waals surface area contributed by atoms with Crippen LogP contribution in [0.2, 0.25) is 0 Å². The van der Waals surface area contributed by atoms with Gasteiger partial charge < -0.3 is 67.4 Å². The molecule has 3 rings (SSSR count). The van der Waals surface area contributed by atoms with Crippen molar-refractivity contribution >= 4 is 47.4 Å². The number of benzene rings is 2. The van der Waals surface area contributed by atoms with Gasteiger partial charge in [0.05, 0.1) is 52.6 Å². The Morgan fingerprint density at radius 2 is 1.25 bits per heavy atom. The number of ether oxygens (including phenoxy) is 4. The number of amides is 6. The molecule has 2 aromatic carbocycles. The monoisotopic (exact) mass is 855 g/mol. The number of carbonyl (C=O) groups is 7. The molecule has 1 saturated heterocycles. The number of nitrogens with one attached hydrogen (secondary N) is 6. The fourth-order valence-corrected chi connectivity index (χ4v) is 5.81. The lowest BCUT2D eigenvalue weighted by molar-refractivity contribution is -0.141. The van der Waals surface area contributed by atoms with Gasteiger partial charge in [0.1, 0.15) is 30.8 Å². The summed E-state index contributed by atoms with van der Waals surface area (Å²) >= 11 is 0. The molecule has 0 spiro atoms. The van der Waals surface area contributed by atoms with Gasteiger partial charge in [-0.05, 0) is 29.5 Å². The zero-order valence-corrected chi connectivity index (χ0v) is 34.2. The molecule has 0 radical (unpaired) electrons. The van der Waals surface area contributed by atoms with Crippen LogP contribution in [-0.4, -0.2) is 143 Å². The number of aliphatic carboxylic acids is 1. The van der Waals surface area contributed by atoms with Crippen LogP contribution in [0.1, 0.15) is 36.0 Å². The van der Waals surface area contributed by atoms with E-state index in [1.54, 1.807) is 61.7 Å². The second-order valence-electron chi connectivity index (χ2n) is 13.8. The van der Waals surface area contributed by atoms with E-state index in [1.165, 1.54) is 0 Å². The first kappa shape index (κ1) is 49.2. The molecule has 1 aliphatic heterocycles. The summed E-state index contributed by atoms with van der Waals surface area (Å²) in [6.07, 6.45) is -0.688. The number of carboxylic acid groups (broad SMARTS) is 1. The summed E-state index contributed by atoms with van der Waals surface area (Å²) in [5.74, 6) is -6.07. The Kier molecular flexibility index (Phi) is 22.2. The summed E-state index contributed by atoms with van der Waals surface area (Å²) in [6.45, 7) is 1.76. The first-order valence-electron chi connectivity index (χ1n) is 19.7. The number of methoxy groups -OCH3 is 1. The van der Waals surface area contributed by atoms with Crippen molar-refractivity contribution in [3.8, 4) is 0 Å². The van der Waals surface area contributed by atoms with Gasteiger partial charge in [-0.15, -0.1) is 0 Å². The number of hydrogen-bond acceptors (Lipinski definition) is 12. The summed E-state index contributed by atoms with van der Waals surface area (Å²) in [7, 11) is 1.59. The van der Waals surface area contributed by atoms with Crippen molar-refractivity contribution in [3.63, 3.8) is 0 Å². The zero-order chi connectivity index (χ0) is 44.4. The highest BCUT2D eigenvalue weighted by molar-refractivity contribution is 5.98. The minimum atomic E-state index is -1.61. The van der Waals surface area contributed by atoms with E-state index in [4.69, 9.17) is 30.4 Å². The van der Waals surface area contributed by atoms with Crippen molar-refractivity contribution in [3.05, 3.63) is 71.3 Å². The topological polar surface area (TPSA) is 313 Å². The Labute approximate surface area is 353 Å². The molecule has 0 aromatic heterocycles. The maximum absolute atomic E-state index is 14.1. The van der Waals surface area contributed by atoms with Crippen molar-refractivity contribution < 1.29 is 57.6 Å². The first-order chi connectivity index (χ1) is 29.3. The van der Waals surface area contributed by atoms with Crippen molar-refractivity contribution in [1.29, 1.82) is 0 Å². The molecule has 4 atom stereocenters. The number of nitrogens with zero attached hydrogens (tertiary/aromatic N) is 1. The standard InChI is InChI=1S/C40H57N9O12/c1-58-14-15-59-16-17-60-18-19-61-25-34(51)44-23-28-11-9-27(10-12-28)21-31-37(55)47-29(8-5-13-43-40(41)42)36(54)45-24-33(50)46-32(22-35(52)53)39(57)49-30(38(56)48-31)20-26-6-3-2-4-7-26/h2-4,6-7,9-12,29-32H,5,8,13-25H2,1H3,(H,44,51)(H,45,54)(H,46,50)(H,47,55)(H,48,56)(H,49,57)(H,52,53)(H4,41,42,43)/t29-,30+,31-,32-/m0/s1. The molecule has 334 valence electrons. The molecule has 0 bridgehead atoms. The Hall–Kier alpha value is -6.16. The van der Waals surface area contributed by atoms with Gasteiger partial charge in [0, 0.05) is 33.0 Å². The molecule has 6 amide bonds. The molecular formula is C40H57N9O12. The third-order valence-electron chi connectivity index (χ3n) is 8.94. The van der Waals surface area contributed by atoms with E-state index in [-0.39, 0.29) is 63.9 Å². The van der Waals surface area contributed by atoms with E-state index in [9.17, 15) is 38.7 Å². The Morgan fingerprint density at radius 1 is 0.705 bits per heavy atom. The van der Waals surface area contributed by atoms with Gasteiger partial charge in [-0.25, -0.2) is 0 Å². The van der Waals surface area contributed by atoms with Crippen LogP contribution in [0.3, 0.4) is 0 Å². The van der Waals surface area contributed by atoms with Crippen LogP contribution in [0.15, 0.2) is 59.6 Å². The zero-order valence-electron chi connectivity index (χ0n) is 34.2. The van der Waals surface area contributed by atoms with Gasteiger partial charge in [0.2, 0.25) is 35.4 Å². The molecule has 0 unspecified atom stereocenters. The lowest BCUT2D eigenvalue weighted by atomic mass is 10.0. The number of carbonyl (C=O) groups excluding carboxylic acids is 6. The third kappa shape index (κ3) is 20.1. The van der Waals surface area contributed by atoms with Gasteiger partial charge in [-0.1, -0.05) is 54.6 Å². The lowest BCUT2D eigenvalue weighted by Gasteiger charge is -2.26. The summed E-state index contributed by atoms with van der Waals surface area (Å²) in [5, 5.41) is 24.9. The van der Waals surface area contributed by atoms with E-state index in [0.717, 1.165) is 5.56 Å². The fourth-order valence-electron chi connectivity index (χ4n) is 5.81. The number of rotatable bonds is 23. The van der Waals surface area contributed by atoms with Crippen LogP contribution in [0, 0.1) is 0 Å². The summed E-state index contributed by atoms with van der Waals surface area (Å²) in [6, 6.07) is 10.1. The van der Waals surface area contributed by atoms with Crippen LogP contribution in [0.5, 0.6) is 0 Å². The number of guanidine groups is 1. The molecule has 11 N–H and O–H groups in total. The summed E-state index contributed by atoms with van der Waals surface area (Å²) in [5.41, 5.74) is 12.8. The molecule has 0 saturated carbocycles. The largest absolute Gasteiger partial charge is 0.481 e. The van der Waals surface area contributed by atoms with Gasteiger partial charge in [-0.2, -0.15) is 0 Å². The number of hydrogen-bond donors (Lipinski definition) is 9. The van der Waals surface area contributed by atoms with Crippen molar-refractivity contribution in [2.75, 3.05) is 66.4 Å². The van der Waals surface area contributed by atoms with Crippen molar-refractivity contribution in [2.45, 2.75) is 62.8 Å². The Morgan fingerprint density at radius 3 is 1.84 bits per heavy atom. The summed E-state index contributed by atoms with van der Waals surface area (Å²) < 4.78 is 21.0. The molecule has 21 nitrogen and oxygen atoms in total.